The molecular weight excluding hydrogens is 1090 g/mol. The topological polar surface area (TPSA) is 32.8 Å². The lowest BCUT2D eigenvalue weighted by Crippen LogP contribution is -2.19. The van der Waals surface area contributed by atoms with E-state index >= 15 is 0 Å². The summed E-state index contributed by atoms with van der Waals surface area (Å²) in [5.41, 5.74) is 19.4. The summed E-state index contributed by atoms with van der Waals surface area (Å²) in [5.74, 6) is 0. The Morgan fingerprint density at radius 1 is 0.211 bits per heavy atom. The first-order valence-corrected chi connectivity index (χ1v) is 31.5. The second-order valence-corrected chi connectivity index (χ2v) is 26.6. The first-order valence-electron chi connectivity index (χ1n) is 31.5. The fourth-order valence-corrected chi connectivity index (χ4v) is 14.0. The van der Waals surface area contributed by atoms with E-state index in [4.69, 9.17) is 8.83 Å². The summed E-state index contributed by atoms with van der Waals surface area (Å²) in [4.78, 5) is 4.75. The molecule has 0 unspecified atom stereocenters. The normalized spacial score (nSPS) is 12.4. The van der Waals surface area contributed by atoms with Crippen LogP contribution in [0.2, 0.25) is 0 Å². The van der Waals surface area contributed by atoms with Gasteiger partial charge in [-0.3, -0.25) is 0 Å². The van der Waals surface area contributed by atoms with Crippen molar-refractivity contribution < 1.29 is 8.83 Å². The van der Waals surface area contributed by atoms with E-state index in [1.807, 2.05) is 0 Å². The molecule has 0 saturated heterocycles. The van der Waals surface area contributed by atoms with Gasteiger partial charge in [0.05, 0.1) is 0 Å². The van der Waals surface area contributed by atoms with Crippen molar-refractivity contribution in [3.63, 3.8) is 0 Å². The molecule has 0 aliphatic heterocycles. The van der Waals surface area contributed by atoms with Gasteiger partial charge in [0.1, 0.15) is 22.3 Å². The van der Waals surface area contributed by atoms with Crippen LogP contribution in [0.25, 0.3) is 65.4 Å². The lowest BCUT2D eigenvalue weighted by atomic mass is 9.78. The quantitative estimate of drug-likeness (QED) is 0.109. The number of hydrogen-bond acceptors (Lipinski definition) is 4. The molecule has 0 radical (unpaired) electrons. The van der Waals surface area contributed by atoms with E-state index < -0.39 is 0 Å². The van der Waals surface area contributed by atoms with Crippen LogP contribution >= 0.6 is 0 Å². The highest BCUT2D eigenvalue weighted by Gasteiger charge is 2.29. The second kappa shape index (κ2) is 21.7. The van der Waals surface area contributed by atoms with Crippen molar-refractivity contribution in [2.45, 2.75) is 77.0 Å². The summed E-state index contributed by atoms with van der Waals surface area (Å²) >= 11 is 0. The Labute approximate surface area is 527 Å². The van der Waals surface area contributed by atoms with Gasteiger partial charge in [0.25, 0.3) is 0 Å². The highest BCUT2D eigenvalue weighted by atomic mass is 16.3. The number of nitrogens with zero attached hydrogens (tertiary/aromatic N) is 2. The SMILES string of the molecule is CC(C)(c1ccccc1)c1ccc(N(c2ccc(C(C)(C)c3ccccc3)cc2)c2ccc3c(ccc4c5cc6oc7c8ccc(N(c9ccc(C(C)(C)c%10ccccc%10)cc9)c9ccc(C(C)(C)c%10ccccc%10)cc9)cc8ccc7c6cc5oc34)c2)cc1. The summed E-state index contributed by atoms with van der Waals surface area (Å²) in [6.45, 7) is 18.4. The average Bonchev–Trinajstić information content (AvgIpc) is 1.63. The standard InChI is InChI=1S/C86H72N2O2/c1-83(2,59-21-13-9-14-22-59)63-31-39-67(40-32-63)87(68-41-33-64(34-42-68)84(3,4)60-23-15-10-16-24-60)71-47-51-73-57(53-71)29-49-75-77-55-80-78(56-79(77)89-81(73)75)76-50-30-58-54-72(48-52-74(58)82(76)90-80)88(69-43-35-65(36-44-69)85(5,6)61-25-17-11-18-26-61)70-45-37-66(38-46-70)86(7,8)62-27-19-12-20-28-62/h9-56H,1-8H3. The monoisotopic (exact) mass is 1160 g/mol. The summed E-state index contributed by atoms with van der Waals surface area (Å²) in [5, 5.41) is 8.48. The number of anilines is 6. The predicted octanol–water partition coefficient (Wildman–Crippen LogP) is 24.0. The van der Waals surface area contributed by atoms with Gasteiger partial charge in [-0.05, 0) is 164 Å². The summed E-state index contributed by atoms with van der Waals surface area (Å²) in [6.07, 6.45) is 0. The number of benzene rings is 13. The van der Waals surface area contributed by atoms with Crippen LogP contribution in [0, 0.1) is 0 Å². The van der Waals surface area contributed by atoms with Gasteiger partial charge in [-0.15, -0.1) is 0 Å². The molecule has 13 aromatic carbocycles. The maximum Gasteiger partial charge on any atom is 0.143 e. The van der Waals surface area contributed by atoms with Crippen LogP contribution < -0.4 is 9.80 Å². The molecule has 0 atom stereocenters. The molecule has 0 aliphatic rings. The van der Waals surface area contributed by atoms with Crippen molar-refractivity contribution in [1.29, 1.82) is 0 Å². The summed E-state index contributed by atoms with van der Waals surface area (Å²) in [6, 6.07) is 106. The third kappa shape index (κ3) is 9.61. The maximum absolute atomic E-state index is 6.97. The summed E-state index contributed by atoms with van der Waals surface area (Å²) in [7, 11) is 0. The van der Waals surface area contributed by atoms with Gasteiger partial charge in [0.2, 0.25) is 0 Å². The fraction of sp³-hybridized carbons (Fsp3) is 0.140. The highest BCUT2D eigenvalue weighted by molar-refractivity contribution is 6.22. The molecule has 0 N–H and O–H groups in total. The van der Waals surface area contributed by atoms with Crippen molar-refractivity contribution in [2.75, 3.05) is 9.80 Å². The van der Waals surface area contributed by atoms with E-state index in [-0.39, 0.29) is 21.7 Å². The average molecular weight is 1170 g/mol. The number of rotatable bonds is 14. The van der Waals surface area contributed by atoms with Gasteiger partial charge in [-0.1, -0.05) is 237 Å². The molecule has 2 heterocycles. The van der Waals surface area contributed by atoms with Crippen LogP contribution in [-0.4, -0.2) is 0 Å². The maximum atomic E-state index is 6.97. The molecule has 4 nitrogen and oxygen atoms in total. The Hall–Kier alpha value is -10.4. The van der Waals surface area contributed by atoms with E-state index in [9.17, 15) is 0 Å². The third-order valence-corrected chi connectivity index (χ3v) is 19.9. The third-order valence-electron chi connectivity index (χ3n) is 19.9. The van der Waals surface area contributed by atoms with Crippen LogP contribution in [0.1, 0.15) is 99.9 Å². The molecule has 15 rings (SSSR count). The van der Waals surface area contributed by atoms with Crippen LogP contribution in [-0.2, 0) is 21.7 Å². The van der Waals surface area contributed by atoms with Crippen molar-refractivity contribution >= 4 is 99.5 Å². The zero-order chi connectivity index (χ0) is 61.5. The molecular formula is C86H72N2O2. The van der Waals surface area contributed by atoms with Crippen LogP contribution in [0.3, 0.4) is 0 Å². The van der Waals surface area contributed by atoms with Gasteiger partial charge in [-0.25, -0.2) is 0 Å². The van der Waals surface area contributed by atoms with Crippen LogP contribution in [0.15, 0.2) is 300 Å². The smallest absolute Gasteiger partial charge is 0.143 e. The molecule has 4 heteroatoms. The molecule has 90 heavy (non-hydrogen) atoms. The molecule has 0 saturated carbocycles. The van der Waals surface area contributed by atoms with E-state index in [0.29, 0.717) is 0 Å². The Kier molecular flexibility index (Phi) is 13.5. The van der Waals surface area contributed by atoms with E-state index in [0.717, 1.165) is 99.5 Å². The minimum atomic E-state index is -0.166. The van der Waals surface area contributed by atoms with Gasteiger partial charge < -0.3 is 18.6 Å². The molecule has 2 aromatic heterocycles. The van der Waals surface area contributed by atoms with Gasteiger partial charge >= 0.3 is 0 Å². The minimum Gasteiger partial charge on any atom is -0.455 e. The number of fused-ring (bicyclic) bond motifs is 10. The fourth-order valence-electron chi connectivity index (χ4n) is 14.0. The summed E-state index contributed by atoms with van der Waals surface area (Å²) < 4.78 is 13.9. The first-order chi connectivity index (χ1) is 43.6. The van der Waals surface area contributed by atoms with Crippen LogP contribution in [0.4, 0.5) is 34.1 Å². The van der Waals surface area contributed by atoms with Crippen molar-refractivity contribution in [2.24, 2.45) is 0 Å². The molecule has 0 bridgehead atoms. The molecule has 0 aliphatic carbocycles. The highest BCUT2D eigenvalue weighted by Crippen LogP contribution is 2.46. The van der Waals surface area contributed by atoms with E-state index in [1.165, 1.54) is 44.5 Å². The largest absolute Gasteiger partial charge is 0.455 e. The van der Waals surface area contributed by atoms with Crippen molar-refractivity contribution in [3.8, 4) is 0 Å². The van der Waals surface area contributed by atoms with Gasteiger partial charge in [0, 0.05) is 88.1 Å². The molecule has 0 amide bonds. The Morgan fingerprint density at radius 3 is 0.711 bits per heavy atom. The van der Waals surface area contributed by atoms with E-state index in [1.54, 1.807) is 0 Å². The first kappa shape index (κ1) is 56.1. The van der Waals surface area contributed by atoms with Crippen molar-refractivity contribution in [3.05, 3.63) is 336 Å². The number of furan rings is 2. The molecule has 0 spiro atoms. The predicted molar refractivity (Wildman–Crippen MR) is 380 cm³/mol. The van der Waals surface area contributed by atoms with Gasteiger partial charge in [0.15, 0.2) is 0 Å². The Bertz CT molecular complexity index is 4600. The zero-order valence-corrected chi connectivity index (χ0v) is 52.4. The number of hydrogen-bond donors (Lipinski definition) is 0. The zero-order valence-electron chi connectivity index (χ0n) is 52.4. The molecule has 15 aromatic rings. The molecule has 0 fully saturated rings. The van der Waals surface area contributed by atoms with Gasteiger partial charge in [-0.2, -0.15) is 0 Å². The van der Waals surface area contributed by atoms with Crippen molar-refractivity contribution in [1.82, 2.24) is 0 Å². The Balaban J connectivity index is 0.780. The lowest BCUT2D eigenvalue weighted by Gasteiger charge is -2.30. The lowest BCUT2D eigenvalue weighted by molar-refractivity contribution is 0.640. The van der Waals surface area contributed by atoms with Crippen LogP contribution in [0.5, 0.6) is 0 Å². The Morgan fingerprint density at radius 2 is 0.444 bits per heavy atom. The second-order valence-electron chi connectivity index (χ2n) is 26.6. The molecule has 438 valence electrons. The van der Waals surface area contributed by atoms with E-state index in [2.05, 4.69) is 356 Å². The minimum absolute atomic E-state index is 0.166.